The lowest BCUT2D eigenvalue weighted by atomic mass is 9.77. The number of thiazole rings is 1. The first-order valence-electron chi connectivity index (χ1n) is 8.90. The van der Waals surface area contributed by atoms with Crippen LogP contribution in [0.4, 0.5) is 0 Å². The summed E-state index contributed by atoms with van der Waals surface area (Å²) < 4.78 is 0.191. The summed E-state index contributed by atoms with van der Waals surface area (Å²) in [5.41, 5.74) is 3.34. The van der Waals surface area contributed by atoms with Gasteiger partial charge in [0.15, 0.2) is 5.17 Å². The zero-order chi connectivity index (χ0) is 16.6. The summed E-state index contributed by atoms with van der Waals surface area (Å²) in [6.07, 6.45) is 11.1. The number of amides is 1. The minimum absolute atomic E-state index is 0.128. The van der Waals surface area contributed by atoms with E-state index in [0.29, 0.717) is 5.69 Å². The van der Waals surface area contributed by atoms with Crippen molar-refractivity contribution in [3.8, 4) is 0 Å². The molecule has 3 aliphatic rings. The molecular weight excluding hydrogens is 338 g/mol. The number of fused-ring (bicyclic) bond motifs is 1. The van der Waals surface area contributed by atoms with Crippen molar-refractivity contribution in [3.63, 3.8) is 0 Å². The molecule has 128 valence electrons. The number of amidine groups is 1. The van der Waals surface area contributed by atoms with Gasteiger partial charge in [-0.15, -0.1) is 11.3 Å². The predicted octanol–water partition coefficient (Wildman–Crippen LogP) is 4.82. The molecule has 1 aromatic heterocycles. The second-order valence-electron chi connectivity index (χ2n) is 6.91. The molecule has 1 aromatic rings. The molecule has 4 nitrogen and oxygen atoms in total. The predicted molar refractivity (Wildman–Crippen MR) is 101 cm³/mol. The zero-order valence-corrected chi connectivity index (χ0v) is 15.7. The number of hydrogen-bond acceptors (Lipinski definition) is 5. The molecule has 1 aliphatic heterocycles. The molecule has 0 atom stereocenters. The van der Waals surface area contributed by atoms with E-state index < -0.39 is 0 Å². The molecule has 4 rings (SSSR count). The van der Waals surface area contributed by atoms with Gasteiger partial charge in [-0.25, -0.2) is 9.98 Å². The lowest BCUT2D eigenvalue weighted by Crippen LogP contribution is -2.40. The smallest absolute Gasteiger partial charge is 0.276 e. The fourth-order valence-electron chi connectivity index (χ4n) is 4.10. The highest BCUT2D eigenvalue weighted by atomic mass is 32.2. The van der Waals surface area contributed by atoms with E-state index in [0.717, 1.165) is 16.6 Å². The van der Waals surface area contributed by atoms with Crippen molar-refractivity contribution in [2.24, 2.45) is 4.99 Å². The third-order valence-corrected chi connectivity index (χ3v) is 7.46. The van der Waals surface area contributed by atoms with Gasteiger partial charge in [0.05, 0.1) is 5.01 Å². The number of thioether (sulfide) groups is 1. The van der Waals surface area contributed by atoms with Gasteiger partial charge < -0.3 is 0 Å². The first kappa shape index (κ1) is 16.3. The van der Waals surface area contributed by atoms with E-state index in [9.17, 15) is 4.79 Å². The normalized spacial score (nSPS) is 23.0. The Morgan fingerprint density at radius 2 is 1.96 bits per heavy atom. The minimum atomic E-state index is -0.128. The lowest BCUT2D eigenvalue weighted by molar-refractivity contribution is 0.0973. The maximum absolute atomic E-state index is 12.5. The number of rotatable bonds is 1. The van der Waals surface area contributed by atoms with Gasteiger partial charge in [0.2, 0.25) is 0 Å². The maximum Gasteiger partial charge on any atom is 0.276 e. The van der Waals surface area contributed by atoms with E-state index in [1.807, 2.05) is 12.3 Å². The fourth-order valence-corrected chi connectivity index (χ4v) is 6.20. The van der Waals surface area contributed by atoms with Crippen LogP contribution < -0.4 is 5.32 Å². The maximum atomic E-state index is 12.5. The van der Waals surface area contributed by atoms with Crippen molar-refractivity contribution in [1.29, 1.82) is 0 Å². The van der Waals surface area contributed by atoms with Crippen LogP contribution >= 0.6 is 23.1 Å². The molecule has 0 bridgehead atoms. The summed E-state index contributed by atoms with van der Waals surface area (Å²) >= 11 is 3.31. The van der Waals surface area contributed by atoms with Gasteiger partial charge in [-0.05, 0) is 51.0 Å². The molecule has 2 aliphatic carbocycles. The number of allylic oxidation sites excluding steroid dienone is 1. The number of nitrogens with zero attached hydrogens (tertiary/aromatic N) is 2. The van der Waals surface area contributed by atoms with Gasteiger partial charge in [0.1, 0.15) is 5.69 Å². The largest absolute Gasteiger partial charge is 0.300 e. The van der Waals surface area contributed by atoms with Crippen molar-refractivity contribution < 1.29 is 4.79 Å². The number of carbonyl (C=O) groups excluding carboxylic acids is 1. The van der Waals surface area contributed by atoms with Gasteiger partial charge in [0, 0.05) is 15.8 Å². The number of carbonyl (C=O) groups is 1. The quantitative estimate of drug-likeness (QED) is 0.780. The van der Waals surface area contributed by atoms with Crippen LogP contribution in [0.15, 0.2) is 21.6 Å². The van der Waals surface area contributed by atoms with Gasteiger partial charge in [0.25, 0.3) is 5.91 Å². The molecule has 0 saturated heterocycles. The second kappa shape index (κ2) is 6.64. The summed E-state index contributed by atoms with van der Waals surface area (Å²) in [5.74, 6) is -0.128. The van der Waals surface area contributed by atoms with Crippen LogP contribution in [0.1, 0.15) is 73.3 Å². The first-order valence-corrected chi connectivity index (χ1v) is 10.6. The van der Waals surface area contributed by atoms with Crippen LogP contribution in [0.2, 0.25) is 0 Å². The summed E-state index contributed by atoms with van der Waals surface area (Å²) in [7, 11) is 0. The van der Waals surface area contributed by atoms with Crippen molar-refractivity contribution in [2.75, 3.05) is 0 Å². The Morgan fingerprint density at radius 1 is 1.17 bits per heavy atom. The fraction of sp³-hybridized carbons (Fsp3) is 0.611. The van der Waals surface area contributed by atoms with E-state index >= 15 is 0 Å². The van der Waals surface area contributed by atoms with Crippen LogP contribution in [0, 0.1) is 6.92 Å². The molecule has 1 amide bonds. The molecule has 0 unspecified atom stereocenters. The topological polar surface area (TPSA) is 54.4 Å². The third kappa shape index (κ3) is 3.06. The zero-order valence-electron chi connectivity index (χ0n) is 14.1. The molecule has 1 fully saturated rings. The highest BCUT2D eigenvalue weighted by Crippen LogP contribution is 2.52. The highest BCUT2D eigenvalue weighted by molar-refractivity contribution is 8.15. The number of aromatic nitrogens is 1. The second-order valence-corrected chi connectivity index (χ2v) is 9.35. The Kier molecular flexibility index (Phi) is 4.52. The number of aryl methyl sites for hydroxylation is 1. The summed E-state index contributed by atoms with van der Waals surface area (Å²) in [5, 5.41) is 6.56. The summed E-state index contributed by atoms with van der Waals surface area (Å²) in [6, 6.07) is 0. The Balaban J connectivity index is 1.60. The average molecular weight is 362 g/mol. The Labute approximate surface area is 151 Å². The van der Waals surface area contributed by atoms with E-state index in [1.54, 1.807) is 17.3 Å². The van der Waals surface area contributed by atoms with Crippen LogP contribution in [-0.2, 0) is 0 Å². The van der Waals surface area contributed by atoms with Crippen LogP contribution in [0.5, 0.6) is 0 Å². The first-order chi connectivity index (χ1) is 11.7. The molecule has 1 N–H and O–H groups in total. The van der Waals surface area contributed by atoms with Crippen LogP contribution in [0.25, 0.3) is 0 Å². The number of nitrogens with one attached hydrogen (secondary N) is 1. The summed E-state index contributed by atoms with van der Waals surface area (Å²) in [4.78, 5) is 21.6. The summed E-state index contributed by atoms with van der Waals surface area (Å²) in [6.45, 7) is 1.92. The van der Waals surface area contributed by atoms with Gasteiger partial charge in [-0.2, -0.15) is 0 Å². The van der Waals surface area contributed by atoms with Crippen molar-refractivity contribution >= 4 is 34.2 Å². The molecule has 1 saturated carbocycles. The Morgan fingerprint density at radius 3 is 2.71 bits per heavy atom. The molecule has 2 heterocycles. The monoisotopic (exact) mass is 361 g/mol. The molecule has 6 heteroatoms. The van der Waals surface area contributed by atoms with Crippen LogP contribution in [0.3, 0.4) is 0 Å². The van der Waals surface area contributed by atoms with E-state index in [4.69, 9.17) is 4.99 Å². The van der Waals surface area contributed by atoms with Gasteiger partial charge in [-0.3, -0.25) is 10.1 Å². The SMILES string of the molecule is Cc1nc(C(=O)NC2=NC3=C(CCCC3)C3(CCCCC3)S2)cs1. The number of aliphatic imine (C=N–C) groups is 1. The number of hydrogen-bond donors (Lipinski definition) is 1. The lowest BCUT2D eigenvalue weighted by Gasteiger charge is -2.43. The van der Waals surface area contributed by atoms with Crippen molar-refractivity contribution in [2.45, 2.75) is 69.5 Å². The van der Waals surface area contributed by atoms with Gasteiger partial charge >= 0.3 is 0 Å². The van der Waals surface area contributed by atoms with E-state index in [-0.39, 0.29) is 10.7 Å². The highest BCUT2D eigenvalue weighted by Gasteiger charge is 2.42. The molecule has 0 aromatic carbocycles. The molecule has 0 radical (unpaired) electrons. The Hall–Kier alpha value is -1.14. The molecule has 24 heavy (non-hydrogen) atoms. The standard InChI is InChI=1S/C18H23N3OS2/c1-12-19-15(11-23-12)16(22)21-17-20-14-8-4-3-7-13(14)18(24-17)9-5-2-6-10-18/h11H,2-10H2,1H3,(H,20,21,22). The molecular formula is C18H23N3OS2. The third-order valence-electron chi connectivity index (χ3n) is 5.25. The molecule has 1 spiro atoms. The van der Waals surface area contributed by atoms with Crippen LogP contribution in [-0.4, -0.2) is 20.8 Å². The average Bonchev–Trinajstić information content (AvgIpc) is 3.02. The van der Waals surface area contributed by atoms with Gasteiger partial charge in [-0.1, -0.05) is 31.0 Å². The van der Waals surface area contributed by atoms with E-state index in [2.05, 4.69) is 10.3 Å². The van der Waals surface area contributed by atoms with Crippen molar-refractivity contribution in [3.05, 3.63) is 27.4 Å². The Bertz CT molecular complexity index is 714. The minimum Gasteiger partial charge on any atom is -0.300 e. The van der Waals surface area contributed by atoms with E-state index in [1.165, 1.54) is 68.4 Å². The van der Waals surface area contributed by atoms with Crippen molar-refractivity contribution in [1.82, 2.24) is 10.3 Å².